The standard InChI is InChI=1S/C25H24N4O3/c30-22-16-19(9-8-18-5-2-1-3-6-18)15-21-20(22)17-26-25(27-21)29-12-10-28(11-13-29)24(31)23-7-4-14-32-23/h1-9,14,17,19H,10-13,15-16H2/b9-8+/t19-/m1/s1. The summed E-state index contributed by atoms with van der Waals surface area (Å²) in [6, 6.07) is 13.5. The van der Waals surface area contributed by atoms with E-state index in [0.29, 0.717) is 49.9 Å². The third-order valence-electron chi connectivity index (χ3n) is 6.00. The fraction of sp³-hybridized carbons (Fsp3) is 0.280. The van der Waals surface area contributed by atoms with Crippen molar-refractivity contribution < 1.29 is 14.0 Å². The van der Waals surface area contributed by atoms with Gasteiger partial charge in [-0.15, -0.1) is 0 Å². The summed E-state index contributed by atoms with van der Waals surface area (Å²) in [5.74, 6) is 1.10. The molecule has 0 N–H and O–H groups in total. The largest absolute Gasteiger partial charge is 0.459 e. The van der Waals surface area contributed by atoms with Crippen LogP contribution in [0.15, 0.2) is 65.4 Å². The van der Waals surface area contributed by atoms with Crippen molar-refractivity contribution >= 4 is 23.7 Å². The number of hydrogen-bond donors (Lipinski definition) is 0. The molecule has 0 bridgehead atoms. The summed E-state index contributed by atoms with van der Waals surface area (Å²) in [5, 5.41) is 0. The molecule has 2 aromatic heterocycles. The zero-order valence-corrected chi connectivity index (χ0v) is 17.7. The number of anilines is 1. The van der Waals surface area contributed by atoms with Crippen molar-refractivity contribution in [3.05, 3.63) is 83.6 Å². The smallest absolute Gasteiger partial charge is 0.289 e. The molecular weight excluding hydrogens is 404 g/mol. The molecule has 162 valence electrons. The minimum atomic E-state index is -0.0975. The van der Waals surface area contributed by atoms with Crippen LogP contribution in [0.25, 0.3) is 6.08 Å². The molecule has 1 amide bonds. The van der Waals surface area contributed by atoms with Crippen molar-refractivity contribution in [2.45, 2.75) is 12.8 Å². The van der Waals surface area contributed by atoms with Gasteiger partial charge in [0, 0.05) is 38.8 Å². The minimum absolute atomic E-state index is 0.0920. The Hall–Kier alpha value is -3.74. The fourth-order valence-electron chi connectivity index (χ4n) is 4.23. The molecule has 1 saturated heterocycles. The lowest BCUT2D eigenvalue weighted by molar-refractivity contribution is 0.0714. The van der Waals surface area contributed by atoms with E-state index >= 15 is 0 Å². The molecule has 2 aliphatic rings. The van der Waals surface area contributed by atoms with E-state index in [2.05, 4.69) is 22.0 Å². The molecule has 1 fully saturated rings. The van der Waals surface area contributed by atoms with E-state index in [4.69, 9.17) is 9.40 Å². The minimum Gasteiger partial charge on any atom is -0.459 e. The maximum atomic E-state index is 12.6. The summed E-state index contributed by atoms with van der Waals surface area (Å²) in [5.41, 5.74) is 2.56. The third kappa shape index (κ3) is 4.19. The first kappa shape index (κ1) is 20.2. The predicted molar refractivity (Wildman–Crippen MR) is 120 cm³/mol. The number of ketones is 1. The highest BCUT2D eigenvalue weighted by molar-refractivity contribution is 5.98. The Morgan fingerprint density at radius 2 is 1.84 bits per heavy atom. The summed E-state index contributed by atoms with van der Waals surface area (Å²) >= 11 is 0. The molecule has 7 heteroatoms. The van der Waals surface area contributed by atoms with E-state index in [1.54, 1.807) is 23.2 Å². The van der Waals surface area contributed by atoms with Crippen molar-refractivity contribution in [1.29, 1.82) is 0 Å². The second-order valence-electron chi connectivity index (χ2n) is 8.15. The number of aromatic nitrogens is 2. The molecule has 0 radical (unpaired) electrons. The number of benzene rings is 1. The van der Waals surface area contributed by atoms with Crippen LogP contribution in [0.4, 0.5) is 5.95 Å². The van der Waals surface area contributed by atoms with E-state index in [1.165, 1.54) is 6.26 Å². The first-order chi connectivity index (χ1) is 15.7. The summed E-state index contributed by atoms with van der Waals surface area (Å²) in [6.07, 6.45) is 8.55. The molecule has 5 rings (SSSR count). The van der Waals surface area contributed by atoms with Gasteiger partial charge in [0.15, 0.2) is 11.5 Å². The molecule has 1 aliphatic heterocycles. The van der Waals surface area contributed by atoms with Gasteiger partial charge in [-0.1, -0.05) is 42.5 Å². The van der Waals surface area contributed by atoms with Crippen LogP contribution in [0.1, 0.15) is 38.6 Å². The van der Waals surface area contributed by atoms with Crippen LogP contribution >= 0.6 is 0 Å². The molecule has 0 saturated carbocycles. The number of carbonyl (C=O) groups is 2. The van der Waals surface area contributed by atoms with Gasteiger partial charge >= 0.3 is 0 Å². The maximum Gasteiger partial charge on any atom is 0.289 e. The number of hydrogen-bond acceptors (Lipinski definition) is 6. The maximum absolute atomic E-state index is 12.6. The summed E-state index contributed by atoms with van der Waals surface area (Å²) in [6.45, 7) is 2.41. The highest BCUT2D eigenvalue weighted by Crippen LogP contribution is 2.27. The molecule has 7 nitrogen and oxygen atoms in total. The second-order valence-corrected chi connectivity index (χ2v) is 8.15. The number of allylic oxidation sites excluding steroid dienone is 1. The molecule has 0 unspecified atom stereocenters. The lowest BCUT2D eigenvalue weighted by atomic mass is 9.86. The average molecular weight is 428 g/mol. The molecule has 3 aromatic rings. The quantitative estimate of drug-likeness (QED) is 0.633. The Kier molecular flexibility index (Phi) is 5.54. The molecule has 1 atom stereocenters. The number of carbonyl (C=O) groups excluding carboxylic acids is 2. The van der Waals surface area contributed by atoms with Crippen LogP contribution in [0.2, 0.25) is 0 Å². The molecule has 1 aromatic carbocycles. The van der Waals surface area contributed by atoms with Gasteiger partial charge in [-0.3, -0.25) is 9.59 Å². The predicted octanol–water partition coefficient (Wildman–Crippen LogP) is 3.49. The van der Waals surface area contributed by atoms with Gasteiger partial charge in [0.1, 0.15) is 0 Å². The molecule has 32 heavy (non-hydrogen) atoms. The van der Waals surface area contributed by atoms with Gasteiger partial charge in [0.05, 0.1) is 17.5 Å². The van der Waals surface area contributed by atoms with Gasteiger partial charge in [-0.05, 0) is 30.0 Å². The fourth-order valence-corrected chi connectivity index (χ4v) is 4.23. The van der Waals surface area contributed by atoms with Crippen molar-refractivity contribution in [2.24, 2.45) is 5.92 Å². The first-order valence-electron chi connectivity index (χ1n) is 10.9. The van der Waals surface area contributed by atoms with Crippen molar-refractivity contribution in [1.82, 2.24) is 14.9 Å². The van der Waals surface area contributed by atoms with Gasteiger partial charge in [-0.2, -0.15) is 0 Å². The van der Waals surface area contributed by atoms with E-state index < -0.39 is 0 Å². The Labute approximate surface area is 186 Å². The van der Waals surface area contributed by atoms with E-state index in [9.17, 15) is 9.59 Å². The van der Waals surface area contributed by atoms with E-state index in [-0.39, 0.29) is 17.6 Å². The Balaban J connectivity index is 1.26. The normalized spacial score (nSPS) is 18.8. The van der Waals surface area contributed by atoms with Crippen LogP contribution in [0.5, 0.6) is 0 Å². The summed E-state index contributed by atoms with van der Waals surface area (Å²) in [7, 11) is 0. The molecule has 0 spiro atoms. The highest BCUT2D eigenvalue weighted by atomic mass is 16.3. The highest BCUT2D eigenvalue weighted by Gasteiger charge is 2.28. The Morgan fingerprint density at radius 1 is 1.03 bits per heavy atom. The summed E-state index contributed by atoms with van der Waals surface area (Å²) < 4.78 is 5.22. The molecule has 3 heterocycles. The lowest BCUT2D eigenvalue weighted by Gasteiger charge is -2.34. The van der Waals surface area contributed by atoms with Gasteiger partial charge in [-0.25, -0.2) is 9.97 Å². The topological polar surface area (TPSA) is 79.5 Å². The van der Waals surface area contributed by atoms with Crippen LogP contribution in [0, 0.1) is 5.92 Å². The third-order valence-corrected chi connectivity index (χ3v) is 6.00. The van der Waals surface area contributed by atoms with E-state index in [1.807, 2.05) is 30.3 Å². The zero-order chi connectivity index (χ0) is 21.9. The monoisotopic (exact) mass is 428 g/mol. The Bertz CT molecular complexity index is 1130. The number of rotatable bonds is 4. The average Bonchev–Trinajstić information content (AvgIpc) is 3.38. The van der Waals surface area contributed by atoms with Crippen LogP contribution in [0.3, 0.4) is 0 Å². The van der Waals surface area contributed by atoms with E-state index in [0.717, 1.165) is 17.7 Å². The first-order valence-corrected chi connectivity index (χ1v) is 10.9. The number of piperazine rings is 1. The number of Topliss-reactive ketones (excluding diaryl/α,β-unsaturated/α-hetero) is 1. The number of amides is 1. The Morgan fingerprint density at radius 3 is 2.59 bits per heavy atom. The van der Waals surface area contributed by atoms with Gasteiger partial charge < -0.3 is 14.2 Å². The number of furan rings is 1. The summed E-state index contributed by atoms with van der Waals surface area (Å²) in [4.78, 5) is 38.2. The zero-order valence-electron chi connectivity index (χ0n) is 17.7. The van der Waals surface area contributed by atoms with Crippen molar-refractivity contribution in [3.63, 3.8) is 0 Å². The van der Waals surface area contributed by atoms with Gasteiger partial charge in [0.25, 0.3) is 5.91 Å². The second kappa shape index (κ2) is 8.78. The van der Waals surface area contributed by atoms with Crippen molar-refractivity contribution in [2.75, 3.05) is 31.1 Å². The van der Waals surface area contributed by atoms with Crippen LogP contribution in [-0.2, 0) is 6.42 Å². The van der Waals surface area contributed by atoms with Gasteiger partial charge in [0.2, 0.25) is 5.95 Å². The van der Waals surface area contributed by atoms with Crippen molar-refractivity contribution in [3.8, 4) is 0 Å². The number of fused-ring (bicyclic) bond motifs is 1. The molecular formula is C25H24N4O3. The van der Waals surface area contributed by atoms with Crippen LogP contribution < -0.4 is 4.90 Å². The number of nitrogens with zero attached hydrogens (tertiary/aromatic N) is 4. The SMILES string of the molecule is O=C1C[C@H](/C=C/c2ccccc2)Cc2nc(N3CCN(C(=O)c4ccco4)CC3)ncc21. The lowest BCUT2D eigenvalue weighted by Crippen LogP contribution is -2.49. The van der Waals surface area contributed by atoms with Crippen LogP contribution in [-0.4, -0.2) is 52.7 Å². The molecule has 1 aliphatic carbocycles.